The highest BCUT2D eigenvalue weighted by Crippen LogP contribution is 2.35. The van der Waals surface area contributed by atoms with E-state index in [4.69, 9.17) is 15.2 Å². The molecule has 0 unspecified atom stereocenters. The van der Waals surface area contributed by atoms with Gasteiger partial charge in [0.15, 0.2) is 11.5 Å². The molecule has 1 aromatic heterocycles. The zero-order valence-corrected chi connectivity index (χ0v) is 10.8. The molecule has 2 N–H and O–H groups in total. The Labute approximate surface area is 112 Å². The van der Waals surface area contributed by atoms with E-state index in [1.807, 2.05) is 37.4 Å². The fraction of sp³-hybridized carbons (Fsp3) is 0.267. The quantitative estimate of drug-likeness (QED) is 0.852. The van der Waals surface area contributed by atoms with Crippen LogP contribution in [-0.4, -0.2) is 18.2 Å². The molecule has 2 heterocycles. The monoisotopic (exact) mass is 256 g/mol. The summed E-state index contributed by atoms with van der Waals surface area (Å²) in [5, 5.41) is 0. The van der Waals surface area contributed by atoms with Crippen molar-refractivity contribution in [3.05, 3.63) is 36.0 Å². The number of hydrogen-bond acceptors (Lipinski definition) is 4. The molecule has 0 fully saturated rings. The second kappa shape index (κ2) is 4.80. The van der Waals surface area contributed by atoms with Gasteiger partial charge in [0, 0.05) is 18.2 Å². The first kappa shape index (κ1) is 11.8. The molecule has 1 aliphatic rings. The van der Waals surface area contributed by atoms with Crippen LogP contribution in [0.5, 0.6) is 11.5 Å². The van der Waals surface area contributed by atoms with Crippen LogP contribution in [0.15, 0.2) is 30.5 Å². The zero-order valence-electron chi connectivity index (χ0n) is 10.8. The molecule has 19 heavy (non-hydrogen) atoms. The lowest BCUT2D eigenvalue weighted by molar-refractivity contribution is 0.297. The van der Waals surface area contributed by atoms with Crippen molar-refractivity contribution >= 4 is 5.69 Å². The molecule has 0 aliphatic carbocycles. The third kappa shape index (κ3) is 2.34. The molecule has 0 saturated carbocycles. The Morgan fingerprint density at radius 3 is 2.68 bits per heavy atom. The lowest BCUT2D eigenvalue weighted by atomic mass is 10.1. The van der Waals surface area contributed by atoms with Crippen molar-refractivity contribution in [1.82, 2.24) is 4.98 Å². The summed E-state index contributed by atoms with van der Waals surface area (Å²) < 4.78 is 11.3. The molecule has 2 aromatic rings. The van der Waals surface area contributed by atoms with Crippen LogP contribution in [0.4, 0.5) is 5.69 Å². The number of aromatic nitrogens is 1. The Kier molecular flexibility index (Phi) is 2.99. The van der Waals surface area contributed by atoms with Gasteiger partial charge in [0.1, 0.15) is 0 Å². The third-order valence-electron chi connectivity index (χ3n) is 3.07. The van der Waals surface area contributed by atoms with Crippen LogP contribution < -0.4 is 15.2 Å². The van der Waals surface area contributed by atoms with Gasteiger partial charge in [-0.15, -0.1) is 0 Å². The van der Waals surface area contributed by atoms with E-state index in [9.17, 15) is 0 Å². The number of aryl methyl sites for hydroxylation is 1. The van der Waals surface area contributed by atoms with Crippen LogP contribution in [0.2, 0.25) is 0 Å². The maximum Gasteiger partial charge on any atom is 0.161 e. The van der Waals surface area contributed by atoms with Crippen LogP contribution in [0.25, 0.3) is 11.3 Å². The highest BCUT2D eigenvalue weighted by molar-refractivity contribution is 5.74. The van der Waals surface area contributed by atoms with Crippen LogP contribution in [0.3, 0.4) is 0 Å². The molecule has 0 bridgehead atoms. The van der Waals surface area contributed by atoms with Crippen molar-refractivity contribution < 1.29 is 9.47 Å². The molecular weight excluding hydrogens is 240 g/mol. The highest BCUT2D eigenvalue weighted by atomic mass is 16.5. The molecule has 0 atom stereocenters. The lowest BCUT2D eigenvalue weighted by Crippen LogP contribution is -1.97. The van der Waals surface area contributed by atoms with Crippen LogP contribution in [0.1, 0.15) is 12.0 Å². The first-order chi connectivity index (χ1) is 9.24. The SMILES string of the molecule is Cc1cnc(-c2ccc3c(c2)OCCCO3)c(N)c1. The molecule has 0 radical (unpaired) electrons. The van der Waals surface area contributed by atoms with Gasteiger partial charge in [0.25, 0.3) is 0 Å². The largest absolute Gasteiger partial charge is 0.490 e. The zero-order chi connectivity index (χ0) is 13.2. The van der Waals surface area contributed by atoms with Crippen molar-refractivity contribution in [3.63, 3.8) is 0 Å². The van der Waals surface area contributed by atoms with Gasteiger partial charge in [0.2, 0.25) is 0 Å². The van der Waals surface area contributed by atoms with Gasteiger partial charge in [-0.3, -0.25) is 4.98 Å². The van der Waals surface area contributed by atoms with E-state index >= 15 is 0 Å². The molecule has 4 heteroatoms. The summed E-state index contributed by atoms with van der Waals surface area (Å²) in [4.78, 5) is 4.40. The Balaban J connectivity index is 2.03. The van der Waals surface area contributed by atoms with Crippen molar-refractivity contribution in [3.8, 4) is 22.8 Å². The minimum absolute atomic E-state index is 0.674. The first-order valence-electron chi connectivity index (χ1n) is 6.36. The number of ether oxygens (including phenoxy) is 2. The molecule has 1 aliphatic heterocycles. The van der Waals surface area contributed by atoms with Crippen molar-refractivity contribution in [1.29, 1.82) is 0 Å². The van der Waals surface area contributed by atoms with E-state index in [2.05, 4.69) is 4.98 Å². The average Bonchev–Trinajstić information content (AvgIpc) is 2.63. The molecular formula is C15H16N2O2. The predicted octanol–water partition coefficient (Wildman–Crippen LogP) is 2.80. The van der Waals surface area contributed by atoms with Gasteiger partial charge in [-0.1, -0.05) is 0 Å². The second-order valence-corrected chi connectivity index (χ2v) is 4.66. The standard InChI is InChI=1S/C15H16N2O2/c1-10-7-12(16)15(17-9-10)11-3-4-13-14(8-11)19-6-2-5-18-13/h3-4,7-9H,2,5-6,16H2,1H3. The molecule has 1 aromatic carbocycles. The van der Waals surface area contributed by atoms with Crippen molar-refractivity contribution in [2.24, 2.45) is 0 Å². The van der Waals surface area contributed by atoms with E-state index < -0.39 is 0 Å². The van der Waals surface area contributed by atoms with Gasteiger partial charge >= 0.3 is 0 Å². The summed E-state index contributed by atoms with van der Waals surface area (Å²) >= 11 is 0. The van der Waals surface area contributed by atoms with E-state index in [-0.39, 0.29) is 0 Å². The number of nitrogen functional groups attached to an aromatic ring is 1. The first-order valence-corrected chi connectivity index (χ1v) is 6.36. The number of hydrogen-bond donors (Lipinski definition) is 1. The molecule has 0 saturated heterocycles. The molecule has 3 rings (SSSR count). The minimum Gasteiger partial charge on any atom is -0.490 e. The summed E-state index contributed by atoms with van der Waals surface area (Å²) in [6.45, 7) is 3.34. The van der Waals surface area contributed by atoms with E-state index in [1.54, 1.807) is 0 Å². The summed E-state index contributed by atoms with van der Waals surface area (Å²) in [6.07, 6.45) is 2.71. The smallest absolute Gasteiger partial charge is 0.161 e. The number of benzene rings is 1. The third-order valence-corrected chi connectivity index (χ3v) is 3.07. The van der Waals surface area contributed by atoms with Crippen LogP contribution in [0, 0.1) is 6.92 Å². The molecule has 98 valence electrons. The highest BCUT2D eigenvalue weighted by Gasteiger charge is 2.13. The lowest BCUT2D eigenvalue weighted by Gasteiger charge is -2.10. The van der Waals surface area contributed by atoms with Crippen molar-refractivity contribution in [2.75, 3.05) is 18.9 Å². The fourth-order valence-electron chi connectivity index (χ4n) is 2.14. The Morgan fingerprint density at radius 2 is 1.89 bits per heavy atom. The Hall–Kier alpha value is -2.23. The van der Waals surface area contributed by atoms with Gasteiger partial charge in [-0.25, -0.2) is 0 Å². The number of pyridine rings is 1. The molecule has 4 nitrogen and oxygen atoms in total. The van der Waals surface area contributed by atoms with Crippen LogP contribution >= 0.6 is 0 Å². The summed E-state index contributed by atoms with van der Waals surface area (Å²) in [5.41, 5.74) is 9.48. The van der Waals surface area contributed by atoms with Gasteiger partial charge in [-0.2, -0.15) is 0 Å². The van der Waals surface area contributed by atoms with Crippen molar-refractivity contribution in [2.45, 2.75) is 13.3 Å². The van der Waals surface area contributed by atoms with Crippen LogP contribution in [-0.2, 0) is 0 Å². The Morgan fingerprint density at radius 1 is 1.11 bits per heavy atom. The molecule has 0 spiro atoms. The van der Waals surface area contributed by atoms with Gasteiger partial charge in [-0.05, 0) is 36.8 Å². The number of fused-ring (bicyclic) bond motifs is 1. The summed E-state index contributed by atoms with van der Waals surface area (Å²) in [7, 11) is 0. The minimum atomic E-state index is 0.674. The fourth-order valence-corrected chi connectivity index (χ4v) is 2.14. The maximum absolute atomic E-state index is 6.03. The van der Waals surface area contributed by atoms with E-state index in [0.29, 0.717) is 18.9 Å². The van der Waals surface area contributed by atoms with Gasteiger partial charge < -0.3 is 15.2 Å². The van der Waals surface area contributed by atoms with E-state index in [1.165, 1.54) is 0 Å². The number of rotatable bonds is 1. The normalized spacial score (nSPS) is 13.9. The molecule has 0 amide bonds. The number of anilines is 1. The average molecular weight is 256 g/mol. The summed E-state index contributed by atoms with van der Waals surface area (Å²) in [6, 6.07) is 7.73. The maximum atomic E-state index is 6.03. The number of nitrogens with zero attached hydrogens (tertiary/aromatic N) is 1. The number of nitrogens with two attached hydrogens (primary N) is 1. The predicted molar refractivity (Wildman–Crippen MR) is 74.4 cm³/mol. The van der Waals surface area contributed by atoms with Gasteiger partial charge in [0.05, 0.1) is 24.6 Å². The summed E-state index contributed by atoms with van der Waals surface area (Å²) in [5.74, 6) is 1.55. The second-order valence-electron chi connectivity index (χ2n) is 4.66. The van der Waals surface area contributed by atoms with E-state index in [0.717, 1.165) is 34.7 Å². The topological polar surface area (TPSA) is 57.4 Å². The Bertz CT molecular complexity index is 611.